The monoisotopic (exact) mass is 222 g/mol. The fourth-order valence-electron chi connectivity index (χ4n) is 1.06. The third kappa shape index (κ3) is 4.13. The van der Waals surface area contributed by atoms with Gasteiger partial charge in [-0.2, -0.15) is 0 Å². The molecule has 0 spiro atoms. The maximum absolute atomic E-state index is 10.2. The van der Waals surface area contributed by atoms with Gasteiger partial charge in [-0.3, -0.25) is 0 Å². The van der Waals surface area contributed by atoms with E-state index in [4.69, 9.17) is 4.18 Å². The van der Waals surface area contributed by atoms with Gasteiger partial charge in [0.05, 0.1) is 0 Å². The summed E-state index contributed by atoms with van der Waals surface area (Å²) in [6.45, 7) is 6.38. The Morgan fingerprint density at radius 2 is 1.93 bits per heavy atom. The molecule has 0 aromatic heterocycles. The van der Waals surface area contributed by atoms with Crippen LogP contribution < -0.4 is 4.18 Å². The Kier molecular flexibility index (Phi) is 5.98. The molecule has 0 N–H and O–H groups in total. The van der Waals surface area contributed by atoms with E-state index in [1.54, 1.807) is 6.07 Å². The van der Waals surface area contributed by atoms with Gasteiger partial charge in [0, 0.05) is 0 Å². The van der Waals surface area contributed by atoms with Crippen molar-refractivity contribution < 1.29 is 8.39 Å². The summed E-state index contributed by atoms with van der Waals surface area (Å²) in [4.78, 5) is 0. The minimum atomic E-state index is -0.305. The van der Waals surface area contributed by atoms with E-state index in [9.17, 15) is 4.21 Å². The number of hydrogen-bond donors (Lipinski definition) is 1. The van der Waals surface area contributed by atoms with Crippen LogP contribution in [0.4, 0.5) is 0 Å². The molecule has 0 aliphatic carbocycles. The molecule has 0 heterocycles. The Bertz CT molecular complexity index is 307. The first-order valence-corrected chi connectivity index (χ1v) is 4.87. The van der Waals surface area contributed by atoms with E-state index in [2.05, 4.69) is 20.8 Å². The van der Waals surface area contributed by atoms with Gasteiger partial charge in [-0.1, -0.05) is 32.9 Å². The summed E-state index contributed by atoms with van der Waals surface area (Å²) in [6.07, 6.45) is 0. The van der Waals surface area contributed by atoms with Gasteiger partial charge in [-0.15, -0.1) is 0 Å². The first kappa shape index (κ1) is 14.2. The van der Waals surface area contributed by atoms with E-state index in [-0.39, 0.29) is 46.9 Å². The Balaban J connectivity index is 0.00000169. The Hall–Kier alpha value is 0.170. The number of rotatable bonds is 2. The van der Waals surface area contributed by atoms with Crippen molar-refractivity contribution in [2.24, 2.45) is 0 Å². The van der Waals surface area contributed by atoms with Crippen molar-refractivity contribution >= 4 is 41.5 Å². The number of hydrogen-bond acceptors (Lipinski definition) is 2. The molecule has 1 aromatic carbocycles. The van der Waals surface area contributed by atoms with Gasteiger partial charge in [0.25, 0.3) is 0 Å². The van der Waals surface area contributed by atoms with Crippen molar-refractivity contribution in [2.45, 2.75) is 26.2 Å². The second-order valence-corrected chi connectivity index (χ2v) is 4.28. The molecule has 4 heteroatoms. The zero-order valence-corrected chi connectivity index (χ0v) is 8.97. The number of thiol groups is 1. The molecule has 1 rings (SSSR count). The first-order valence-electron chi connectivity index (χ1n) is 4.14. The van der Waals surface area contributed by atoms with Crippen LogP contribution >= 0.6 is 0 Å². The summed E-state index contributed by atoms with van der Waals surface area (Å²) < 4.78 is 15.1. The normalized spacial score (nSPS) is 10.5. The van der Waals surface area contributed by atoms with Crippen LogP contribution in [0.1, 0.15) is 26.3 Å². The van der Waals surface area contributed by atoms with Gasteiger partial charge in [-0.05, 0) is 23.1 Å². The predicted molar refractivity (Wildman–Crippen MR) is 62.5 cm³/mol. The van der Waals surface area contributed by atoms with Crippen molar-refractivity contribution in [3.05, 3.63) is 29.8 Å². The Morgan fingerprint density at radius 3 is 2.43 bits per heavy atom. The molecular weight excluding hydrogens is 207 g/mol. The van der Waals surface area contributed by atoms with Gasteiger partial charge in [0.2, 0.25) is 0 Å². The molecule has 0 aliphatic rings. The van der Waals surface area contributed by atoms with Gasteiger partial charge in [-0.25, -0.2) is 4.21 Å². The molecule has 1 aromatic rings. The van der Waals surface area contributed by atoms with Gasteiger partial charge in [0.1, 0.15) is 5.75 Å². The SMILES string of the molecule is CC(C)(C)c1cccc(O[SH]=O)c1.[NaH]. The third-order valence-electron chi connectivity index (χ3n) is 1.84. The predicted octanol–water partition coefficient (Wildman–Crippen LogP) is 1.57. The topological polar surface area (TPSA) is 26.3 Å². The molecule has 74 valence electrons. The van der Waals surface area contributed by atoms with Crippen LogP contribution in [0.2, 0.25) is 0 Å². The Labute approximate surface area is 111 Å². The average molecular weight is 222 g/mol. The average Bonchev–Trinajstić information content (AvgIpc) is 2.04. The fraction of sp³-hybridized carbons (Fsp3) is 0.400. The molecule has 0 amide bonds. The summed E-state index contributed by atoms with van der Waals surface area (Å²) >= 11 is -0.305. The second kappa shape index (κ2) is 5.91. The molecule has 0 radical (unpaired) electrons. The molecule has 0 unspecified atom stereocenters. The van der Waals surface area contributed by atoms with Gasteiger partial charge in [0.15, 0.2) is 11.9 Å². The van der Waals surface area contributed by atoms with Crippen LogP contribution in [0.3, 0.4) is 0 Å². The van der Waals surface area contributed by atoms with Gasteiger partial charge < -0.3 is 4.18 Å². The number of benzene rings is 1. The van der Waals surface area contributed by atoms with Crippen LogP contribution in [0.15, 0.2) is 24.3 Å². The van der Waals surface area contributed by atoms with E-state index in [1.165, 1.54) is 5.56 Å². The molecule has 0 bridgehead atoms. The summed E-state index contributed by atoms with van der Waals surface area (Å²) in [6, 6.07) is 7.64. The molecule has 0 saturated carbocycles. The van der Waals surface area contributed by atoms with E-state index < -0.39 is 0 Å². The molecule has 0 atom stereocenters. The molecule has 0 saturated heterocycles. The second-order valence-electron chi connectivity index (χ2n) is 3.94. The van der Waals surface area contributed by atoms with E-state index in [0.717, 1.165) is 0 Å². The zero-order chi connectivity index (χ0) is 9.90. The molecule has 0 fully saturated rings. The molecule has 2 nitrogen and oxygen atoms in total. The van der Waals surface area contributed by atoms with Crippen LogP contribution in [-0.2, 0) is 17.4 Å². The minimum absolute atomic E-state index is 0. The van der Waals surface area contributed by atoms with Crippen molar-refractivity contribution in [1.82, 2.24) is 0 Å². The van der Waals surface area contributed by atoms with Crippen molar-refractivity contribution in [3.63, 3.8) is 0 Å². The van der Waals surface area contributed by atoms with E-state index in [0.29, 0.717) is 5.75 Å². The fourth-order valence-corrected chi connectivity index (χ4v) is 1.26. The molecule has 0 aliphatic heterocycles. The third-order valence-corrected chi connectivity index (χ3v) is 2.13. The van der Waals surface area contributed by atoms with E-state index in [1.807, 2.05) is 18.2 Å². The van der Waals surface area contributed by atoms with E-state index >= 15 is 0 Å². The molecule has 14 heavy (non-hydrogen) atoms. The van der Waals surface area contributed by atoms with Crippen LogP contribution in [0.5, 0.6) is 5.75 Å². The Morgan fingerprint density at radius 1 is 1.29 bits per heavy atom. The van der Waals surface area contributed by atoms with Crippen molar-refractivity contribution in [1.29, 1.82) is 0 Å². The molecular formula is C10H15NaO2S. The summed E-state index contributed by atoms with van der Waals surface area (Å²) in [5, 5.41) is 0. The van der Waals surface area contributed by atoms with Crippen LogP contribution in [0.25, 0.3) is 0 Å². The standard InChI is InChI=1S/C10H14O2S.Na.H/c1-10(2,3)8-5-4-6-9(7-8)12-13-11;;/h4-7,13H,1-3H3;;. The maximum atomic E-state index is 10.2. The van der Waals surface area contributed by atoms with Gasteiger partial charge >= 0.3 is 29.6 Å². The zero-order valence-electron chi connectivity index (χ0n) is 8.07. The van der Waals surface area contributed by atoms with Crippen LogP contribution in [-0.4, -0.2) is 33.8 Å². The summed E-state index contributed by atoms with van der Waals surface area (Å²) in [7, 11) is 0. The van der Waals surface area contributed by atoms with Crippen molar-refractivity contribution in [3.8, 4) is 5.75 Å². The quantitative estimate of drug-likeness (QED) is 0.607. The van der Waals surface area contributed by atoms with Crippen LogP contribution in [0, 0.1) is 0 Å². The first-order chi connectivity index (χ1) is 6.04. The van der Waals surface area contributed by atoms with Crippen molar-refractivity contribution in [2.75, 3.05) is 0 Å². The summed E-state index contributed by atoms with van der Waals surface area (Å²) in [5.41, 5.74) is 1.27. The summed E-state index contributed by atoms with van der Waals surface area (Å²) in [5.74, 6) is 0.643.